The number of rotatable bonds is 6. The van der Waals surface area contributed by atoms with Crippen LogP contribution in [-0.4, -0.2) is 27.5 Å². The Labute approximate surface area is 112 Å². The van der Waals surface area contributed by atoms with Crippen LogP contribution in [-0.2, 0) is 11.3 Å². The van der Waals surface area contributed by atoms with Gasteiger partial charge in [0.2, 0.25) is 5.91 Å². The first-order valence-corrected chi connectivity index (χ1v) is 6.12. The molecule has 0 spiro atoms. The van der Waals surface area contributed by atoms with Gasteiger partial charge in [-0.05, 0) is 25.5 Å². The molecule has 19 heavy (non-hydrogen) atoms. The number of carboxylic acids is 1. The van der Waals surface area contributed by atoms with E-state index >= 15 is 0 Å². The molecule has 0 aliphatic rings. The van der Waals surface area contributed by atoms with E-state index in [-0.39, 0.29) is 18.0 Å². The molecule has 0 fully saturated rings. The van der Waals surface area contributed by atoms with E-state index in [9.17, 15) is 9.59 Å². The Balaban J connectivity index is 2.64. The minimum Gasteiger partial charge on any atom is -0.478 e. The van der Waals surface area contributed by atoms with Crippen molar-refractivity contribution < 1.29 is 14.7 Å². The van der Waals surface area contributed by atoms with Crippen LogP contribution in [0.5, 0.6) is 0 Å². The van der Waals surface area contributed by atoms with Gasteiger partial charge in [0, 0.05) is 6.20 Å². The second-order valence-electron chi connectivity index (χ2n) is 4.69. The Morgan fingerprint density at radius 3 is 2.79 bits per heavy atom. The van der Waals surface area contributed by atoms with Crippen LogP contribution in [0.4, 0.5) is 0 Å². The van der Waals surface area contributed by atoms with Crippen LogP contribution in [0.2, 0.25) is 0 Å². The molecule has 1 aromatic heterocycles. The average Bonchev–Trinajstić information content (AvgIpc) is 2.36. The predicted octanol–water partition coefficient (Wildman–Crippen LogP) is 0.913. The highest BCUT2D eigenvalue weighted by atomic mass is 16.4. The normalized spacial score (nSPS) is 13.6. The molecule has 6 heteroatoms. The summed E-state index contributed by atoms with van der Waals surface area (Å²) in [6.45, 7) is 3.79. The molecule has 1 rings (SSSR count). The number of amides is 1. The van der Waals surface area contributed by atoms with Gasteiger partial charge in [-0.25, -0.2) is 4.79 Å². The number of nitrogens with one attached hydrogen (secondary N) is 1. The van der Waals surface area contributed by atoms with Crippen molar-refractivity contribution in [1.29, 1.82) is 0 Å². The highest BCUT2D eigenvalue weighted by Gasteiger charge is 2.26. The molecule has 0 aliphatic carbocycles. The smallest absolute Gasteiger partial charge is 0.335 e. The molecule has 0 radical (unpaired) electrons. The molecule has 1 unspecified atom stereocenters. The lowest BCUT2D eigenvalue weighted by Crippen LogP contribution is -2.51. The minimum atomic E-state index is -1.02. The van der Waals surface area contributed by atoms with Crippen molar-refractivity contribution >= 4 is 11.9 Å². The summed E-state index contributed by atoms with van der Waals surface area (Å²) < 4.78 is 0. The molecule has 0 saturated carbocycles. The summed E-state index contributed by atoms with van der Waals surface area (Å²) in [5.41, 5.74) is 5.60. The molecule has 4 N–H and O–H groups in total. The first kappa shape index (κ1) is 15.1. The van der Waals surface area contributed by atoms with Crippen LogP contribution < -0.4 is 11.1 Å². The summed E-state index contributed by atoms with van der Waals surface area (Å²) in [6.07, 6.45) is 2.80. The summed E-state index contributed by atoms with van der Waals surface area (Å²) in [7, 11) is 0. The molecule has 0 bridgehead atoms. The van der Waals surface area contributed by atoms with E-state index in [2.05, 4.69) is 10.3 Å². The zero-order valence-electron chi connectivity index (χ0n) is 11.1. The van der Waals surface area contributed by atoms with Crippen molar-refractivity contribution in [2.75, 3.05) is 0 Å². The molecular weight excluding hydrogens is 246 g/mol. The molecule has 6 nitrogen and oxygen atoms in total. The van der Waals surface area contributed by atoms with E-state index in [0.717, 1.165) is 6.42 Å². The number of carbonyl (C=O) groups is 2. The van der Waals surface area contributed by atoms with Crippen LogP contribution in [0.1, 0.15) is 42.7 Å². The number of carboxylic acid groups (broad SMARTS) is 1. The van der Waals surface area contributed by atoms with Crippen molar-refractivity contribution in [3.8, 4) is 0 Å². The summed E-state index contributed by atoms with van der Waals surface area (Å²) in [5, 5.41) is 11.5. The van der Waals surface area contributed by atoms with Gasteiger partial charge in [-0.1, -0.05) is 13.3 Å². The Bertz CT molecular complexity index is 472. The molecule has 1 amide bonds. The van der Waals surface area contributed by atoms with Gasteiger partial charge in [0.05, 0.1) is 23.3 Å². The van der Waals surface area contributed by atoms with E-state index < -0.39 is 11.5 Å². The lowest BCUT2D eigenvalue weighted by molar-refractivity contribution is -0.126. The molecule has 1 aromatic rings. The Morgan fingerprint density at radius 2 is 2.21 bits per heavy atom. The summed E-state index contributed by atoms with van der Waals surface area (Å²) >= 11 is 0. The van der Waals surface area contributed by atoms with Crippen molar-refractivity contribution in [1.82, 2.24) is 10.3 Å². The van der Waals surface area contributed by atoms with Gasteiger partial charge in [-0.15, -0.1) is 0 Å². The second kappa shape index (κ2) is 6.29. The van der Waals surface area contributed by atoms with Crippen molar-refractivity contribution in [2.24, 2.45) is 5.73 Å². The highest BCUT2D eigenvalue weighted by Crippen LogP contribution is 2.09. The maximum absolute atomic E-state index is 11.9. The SMILES string of the molecule is CCCC(C)(N)C(=O)NCc1cc(C(=O)O)ccn1. The number of hydrogen-bond donors (Lipinski definition) is 3. The topological polar surface area (TPSA) is 105 Å². The Kier molecular flexibility index (Phi) is 5.00. The van der Waals surface area contributed by atoms with Gasteiger partial charge in [0.25, 0.3) is 0 Å². The number of nitrogens with zero attached hydrogens (tertiary/aromatic N) is 1. The quantitative estimate of drug-likeness (QED) is 0.709. The monoisotopic (exact) mass is 265 g/mol. The molecular formula is C13H19N3O3. The van der Waals surface area contributed by atoms with Gasteiger partial charge in [0.1, 0.15) is 0 Å². The zero-order valence-corrected chi connectivity index (χ0v) is 11.1. The number of pyridine rings is 1. The number of aromatic carboxylic acids is 1. The largest absolute Gasteiger partial charge is 0.478 e. The van der Waals surface area contributed by atoms with Gasteiger partial charge in [0.15, 0.2) is 0 Å². The highest BCUT2D eigenvalue weighted by molar-refractivity contribution is 5.87. The minimum absolute atomic E-state index is 0.142. The second-order valence-corrected chi connectivity index (χ2v) is 4.69. The van der Waals surface area contributed by atoms with E-state index in [1.54, 1.807) is 6.92 Å². The third-order valence-corrected chi connectivity index (χ3v) is 2.78. The summed E-state index contributed by atoms with van der Waals surface area (Å²) in [5.74, 6) is -1.29. The van der Waals surface area contributed by atoms with Gasteiger partial charge in [-0.2, -0.15) is 0 Å². The van der Waals surface area contributed by atoms with E-state index in [0.29, 0.717) is 12.1 Å². The third-order valence-electron chi connectivity index (χ3n) is 2.78. The molecule has 1 atom stereocenters. The Morgan fingerprint density at radius 1 is 1.53 bits per heavy atom. The number of hydrogen-bond acceptors (Lipinski definition) is 4. The van der Waals surface area contributed by atoms with Crippen molar-refractivity contribution in [3.05, 3.63) is 29.6 Å². The fraction of sp³-hybridized carbons (Fsp3) is 0.462. The summed E-state index contributed by atoms with van der Waals surface area (Å²) in [4.78, 5) is 26.7. The van der Waals surface area contributed by atoms with Crippen LogP contribution in [0.15, 0.2) is 18.3 Å². The van der Waals surface area contributed by atoms with Gasteiger partial charge in [-0.3, -0.25) is 9.78 Å². The van der Waals surface area contributed by atoms with Crippen molar-refractivity contribution in [2.45, 2.75) is 38.8 Å². The molecule has 0 aliphatic heterocycles. The number of aromatic nitrogens is 1. The standard InChI is InChI=1S/C13H19N3O3/c1-3-5-13(2,14)12(19)16-8-10-7-9(11(17)18)4-6-15-10/h4,6-7H,3,5,8,14H2,1-2H3,(H,16,19)(H,17,18). The van der Waals surface area contributed by atoms with E-state index in [1.165, 1.54) is 18.3 Å². The third kappa shape index (κ3) is 4.33. The van der Waals surface area contributed by atoms with Crippen molar-refractivity contribution in [3.63, 3.8) is 0 Å². The molecule has 0 aromatic carbocycles. The molecule has 104 valence electrons. The number of carbonyl (C=O) groups excluding carboxylic acids is 1. The van der Waals surface area contributed by atoms with Crippen LogP contribution >= 0.6 is 0 Å². The van der Waals surface area contributed by atoms with Crippen LogP contribution in [0.3, 0.4) is 0 Å². The molecule has 1 heterocycles. The Hall–Kier alpha value is -1.95. The maximum Gasteiger partial charge on any atom is 0.335 e. The van der Waals surface area contributed by atoms with Gasteiger partial charge < -0.3 is 16.2 Å². The van der Waals surface area contributed by atoms with Gasteiger partial charge >= 0.3 is 5.97 Å². The fourth-order valence-corrected chi connectivity index (χ4v) is 1.71. The predicted molar refractivity (Wildman–Crippen MR) is 70.5 cm³/mol. The summed E-state index contributed by atoms with van der Waals surface area (Å²) in [6, 6.07) is 2.83. The average molecular weight is 265 g/mol. The van der Waals surface area contributed by atoms with E-state index in [1.807, 2.05) is 6.92 Å². The lowest BCUT2D eigenvalue weighted by Gasteiger charge is -2.22. The maximum atomic E-state index is 11.9. The van der Waals surface area contributed by atoms with E-state index in [4.69, 9.17) is 10.8 Å². The lowest BCUT2D eigenvalue weighted by atomic mass is 9.96. The van der Waals surface area contributed by atoms with Crippen LogP contribution in [0.25, 0.3) is 0 Å². The first-order chi connectivity index (χ1) is 8.86. The zero-order chi connectivity index (χ0) is 14.5. The van der Waals surface area contributed by atoms with Crippen LogP contribution in [0, 0.1) is 0 Å². The first-order valence-electron chi connectivity index (χ1n) is 6.12. The number of nitrogens with two attached hydrogens (primary N) is 1. The fourth-order valence-electron chi connectivity index (χ4n) is 1.71. The molecule has 0 saturated heterocycles.